The lowest BCUT2D eigenvalue weighted by atomic mass is 10.0. The van der Waals surface area contributed by atoms with Gasteiger partial charge in [0.1, 0.15) is 26.6 Å². The van der Waals surface area contributed by atoms with Crippen LogP contribution in [0.15, 0.2) is 47.6 Å². The van der Waals surface area contributed by atoms with E-state index in [2.05, 4.69) is 15.3 Å². The van der Waals surface area contributed by atoms with Crippen LogP contribution in [-0.2, 0) is 4.87 Å². The molecule has 1 unspecified atom stereocenters. The number of hydrazone groups is 1. The smallest absolute Gasteiger partial charge is 0.230 e. The summed E-state index contributed by atoms with van der Waals surface area (Å²) in [5.74, 6) is -1.09. The summed E-state index contributed by atoms with van der Waals surface area (Å²) in [7, 11) is 0. The quantitative estimate of drug-likeness (QED) is 0.536. The molecule has 2 aromatic carbocycles. The van der Waals surface area contributed by atoms with Crippen molar-refractivity contribution in [2.75, 3.05) is 11.6 Å². The highest BCUT2D eigenvalue weighted by Crippen LogP contribution is 2.54. The van der Waals surface area contributed by atoms with Crippen LogP contribution in [0, 0.1) is 18.6 Å². The molecule has 156 valence electrons. The van der Waals surface area contributed by atoms with E-state index >= 15 is 0 Å². The Balaban J connectivity index is 1.91. The number of rotatable bonds is 6. The number of nitrogens with zero attached hydrogens (tertiary/aromatic N) is 4. The summed E-state index contributed by atoms with van der Waals surface area (Å²) in [4.78, 5) is -0.822. The molecule has 0 bridgehead atoms. The van der Waals surface area contributed by atoms with Crippen molar-refractivity contribution in [1.82, 2.24) is 10.2 Å². The number of halogens is 3. The van der Waals surface area contributed by atoms with E-state index in [0.717, 1.165) is 28.8 Å². The molecule has 0 spiro atoms. The Labute approximate surface area is 186 Å². The largest absolute Gasteiger partial charge is 0.330 e. The number of thioether (sulfide) groups is 1. The second-order valence-electron chi connectivity index (χ2n) is 6.70. The molecule has 0 radical (unpaired) electrons. The van der Waals surface area contributed by atoms with Crippen LogP contribution in [0.2, 0.25) is 5.02 Å². The van der Waals surface area contributed by atoms with Crippen molar-refractivity contribution in [3.05, 3.63) is 75.3 Å². The van der Waals surface area contributed by atoms with E-state index in [1.807, 2.05) is 25.1 Å². The van der Waals surface area contributed by atoms with Crippen molar-refractivity contribution in [1.29, 1.82) is 0 Å². The fourth-order valence-corrected chi connectivity index (χ4v) is 5.89. The van der Waals surface area contributed by atoms with Crippen LogP contribution in [0.25, 0.3) is 0 Å². The van der Waals surface area contributed by atoms with E-state index in [1.54, 1.807) is 11.1 Å². The maximum absolute atomic E-state index is 14.6. The summed E-state index contributed by atoms with van der Waals surface area (Å²) in [6.45, 7) is 2.30. The van der Waals surface area contributed by atoms with Crippen molar-refractivity contribution in [3.63, 3.8) is 0 Å². The molecule has 4 rings (SSSR count). The fraction of sp³-hybridized carbons (Fsp3) is 0.250. The van der Waals surface area contributed by atoms with Gasteiger partial charge in [0.25, 0.3) is 0 Å². The summed E-state index contributed by atoms with van der Waals surface area (Å²) in [5, 5.41) is 17.0. The van der Waals surface area contributed by atoms with Crippen LogP contribution in [0.4, 0.5) is 13.9 Å². The zero-order valence-electron chi connectivity index (χ0n) is 16.0. The lowest BCUT2D eigenvalue weighted by Gasteiger charge is -2.36. The van der Waals surface area contributed by atoms with Gasteiger partial charge in [0.2, 0.25) is 5.13 Å². The molecule has 3 aromatic rings. The van der Waals surface area contributed by atoms with Crippen LogP contribution in [-0.4, -0.2) is 21.8 Å². The molecule has 0 fully saturated rings. The zero-order chi connectivity index (χ0) is 21.3. The van der Waals surface area contributed by atoms with E-state index in [9.17, 15) is 8.78 Å². The van der Waals surface area contributed by atoms with Gasteiger partial charge in [0.05, 0.1) is 0 Å². The molecule has 30 heavy (non-hydrogen) atoms. The molecular formula is C20H18ClF2N5S2. The lowest BCUT2D eigenvalue weighted by Crippen LogP contribution is -2.38. The van der Waals surface area contributed by atoms with Crippen molar-refractivity contribution in [2.45, 2.75) is 24.6 Å². The molecule has 5 nitrogen and oxygen atoms in total. The SMILES string of the molecule is Cc1nnc(N2N=C(c3cc(F)ccc3F)SC2(CCCN)c2ccccc2Cl)s1. The Morgan fingerprint density at radius 3 is 2.67 bits per heavy atom. The predicted octanol–water partition coefficient (Wildman–Crippen LogP) is 5.29. The highest BCUT2D eigenvalue weighted by atomic mass is 35.5. The van der Waals surface area contributed by atoms with Gasteiger partial charge in [0, 0.05) is 16.1 Å². The van der Waals surface area contributed by atoms with Gasteiger partial charge in [-0.3, -0.25) is 0 Å². The standard InChI is InChI=1S/C20H18ClF2N5S2/c1-12-25-26-19(29-12)28-20(9-4-10-24,15-5-2-3-6-16(15)21)30-18(27-28)14-11-13(22)7-8-17(14)23/h2-3,5-8,11H,4,9-10,24H2,1H3. The zero-order valence-corrected chi connectivity index (χ0v) is 18.4. The van der Waals surface area contributed by atoms with Crippen molar-refractivity contribution in [3.8, 4) is 0 Å². The molecular weight excluding hydrogens is 448 g/mol. The first-order valence-corrected chi connectivity index (χ1v) is 11.2. The second-order valence-corrected chi connectivity index (χ2v) is 9.54. The minimum atomic E-state index is -0.822. The van der Waals surface area contributed by atoms with Crippen molar-refractivity contribution < 1.29 is 8.78 Å². The number of aromatic nitrogens is 2. The summed E-state index contributed by atoms with van der Waals surface area (Å²) in [5.41, 5.74) is 6.72. The highest BCUT2D eigenvalue weighted by molar-refractivity contribution is 8.15. The molecule has 1 atom stereocenters. The van der Waals surface area contributed by atoms with Crippen LogP contribution >= 0.6 is 34.7 Å². The molecule has 0 saturated heterocycles. The number of hydrogen-bond donors (Lipinski definition) is 1. The third kappa shape index (κ3) is 3.82. The van der Waals surface area contributed by atoms with E-state index in [0.29, 0.717) is 34.6 Å². The van der Waals surface area contributed by atoms with E-state index in [-0.39, 0.29) is 5.56 Å². The highest BCUT2D eigenvalue weighted by Gasteiger charge is 2.48. The first-order chi connectivity index (χ1) is 14.4. The van der Waals surface area contributed by atoms with Crippen LogP contribution in [0.1, 0.15) is 29.0 Å². The van der Waals surface area contributed by atoms with Crippen molar-refractivity contribution >= 4 is 44.9 Å². The first kappa shape index (κ1) is 21.2. The average molecular weight is 466 g/mol. The Hall–Kier alpha value is -2.07. The topological polar surface area (TPSA) is 67.4 Å². The van der Waals surface area contributed by atoms with E-state index in [1.165, 1.54) is 23.1 Å². The Kier molecular flexibility index (Phi) is 6.06. The number of benzene rings is 2. The summed E-state index contributed by atoms with van der Waals surface area (Å²) in [6, 6.07) is 10.8. The minimum Gasteiger partial charge on any atom is -0.330 e. The van der Waals surface area contributed by atoms with Crippen molar-refractivity contribution in [2.24, 2.45) is 10.8 Å². The Morgan fingerprint density at radius 1 is 1.17 bits per heavy atom. The van der Waals surface area contributed by atoms with Gasteiger partial charge in [-0.2, -0.15) is 5.10 Å². The monoisotopic (exact) mass is 465 g/mol. The molecule has 1 aliphatic rings. The van der Waals surface area contributed by atoms with Gasteiger partial charge in [-0.15, -0.1) is 10.2 Å². The molecule has 0 saturated carbocycles. The molecule has 2 N–H and O–H groups in total. The predicted molar refractivity (Wildman–Crippen MR) is 119 cm³/mol. The van der Waals surface area contributed by atoms with Gasteiger partial charge >= 0.3 is 0 Å². The van der Waals surface area contributed by atoms with Gasteiger partial charge in [-0.1, -0.05) is 52.9 Å². The third-order valence-electron chi connectivity index (χ3n) is 4.67. The third-order valence-corrected chi connectivity index (χ3v) is 7.24. The van der Waals surface area contributed by atoms with Gasteiger partial charge in [-0.05, 0) is 50.6 Å². The summed E-state index contributed by atoms with van der Waals surface area (Å²) >= 11 is 9.28. The van der Waals surface area contributed by atoms with E-state index < -0.39 is 16.5 Å². The van der Waals surface area contributed by atoms with Gasteiger partial charge in [-0.25, -0.2) is 13.8 Å². The molecule has 0 aliphatic carbocycles. The molecule has 1 aromatic heterocycles. The van der Waals surface area contributed by atoms with Crippen LogP contribution in [0.3, 0.4) is 0 Å². The number of nitrogens with two attached hydrogens (primary N) is 1. The summed E-state index contributed by atoms with van der Waals surface area (Å²) < 4.78 is 28.5. The maximum atomic E-state index is 14.6. The second kappa shape index (κ2) is 8.58. The van der Waals surface area contributed by atoms with Gasteiger partial charge < -0.3 is 5.73 Å². The minimum absolute atomic E-state index is 0.0907. The lowest BCUT2D eigenvalue weighted by molar-refractivity contribution is 0.525. The fourth-order valence-electron chi connectivity index (χ4n) is 3.31. The average Bonchev–Trinajstić information content (AvgIpc) is 3.33. The summed E-state index contributed by atoms with van der Waals surface area (Å²) in [6.07, 6.45) is 1.24. The molecule has 2 heterocycles. The molecule has 10 heteroatoms. The Bertz CT molecular complexity index is 1110. The van der Waals surface area contributed by atoms with Crippen LogP contribution < -0.4 is 10.7 Å². The normalized spacial score (nSPS) is 18.7. The van der Waals surface area contributed by atoms with E-state index in [4.69, 9.17) is 17.3 Å². The maximum Gasteiger partial charge on any atom is 0.230 e. The van der Waals surface area contributed by atoms with Crippen LogP contribution in [0.5, 0.6) is 0 Å². The number of aryl methyl sites for hydroxylation is 1. The van der Waals surface area contributed by atoms with Gasteiger partial charge in [0.15, 0.2) is 0 Å². The molecule has 0 amide bonds. The molecule has 1 aliphatic heterocycles. The number of hydrogen-bond acceptors (Lipinski definition) is 7. The Morgan fingerprint density at radius 2 is 1.97 bits per heavy atom. The number of anilines is 1. The first-order valence-electron chi connectivity index (χ1n) is 9.23.